The zero-order valence-corrected chi connectivity index (χ0v) is 12.4. The molecule has 0 radical (unpaired) electrons. The van der Waals surface area contributed by atoms with E-state index in [1.54, 1.807) is 11.3 Å². The van der Waals surface area contributed by atoms with Crippen LogP contribution in [-0.2, 0) is 0 Å². The van der Waals surface area contributed by atoms with Crippen LogP contribution in [0, 0.1) is 0 Å². The van der Waals surface area contributed by atoms with Gasteiger partial charge in [0.15, 0.2) is 5.13 Å². The van der Waals surface area contributed by atoms with Crippen molar-refractivity contribution >= 4 is 16.5 Å². The first-order valence-corrected chi connectivity index (χ1v) is 8.40. The molecule has 3 rings (SSSR count). The van der Waals surface area contributed by atoms with E-state index in [1.807, 2.05) is 6.20 Å². The number of anilines is 1. The maximum absolute atomic E-state index is 4.40. The van der Waals surface area contributed by atoms with Gasteiger partial charge >= 0.3 is 0 Å². The summed E-state index contributed by atoms with van der Waals surface area (Å²) in [6.07, 6.45) is 7.36. The predicted octanol–water partition coefficient (Wildman–Crippen LogP) is 1.80. The van der Waals surface area contributed by atoms with Crippen molar-refractivity contribution in [3.63, 3.8) is 0 Å². The third kappa shape index (κ3) is 3.68. The third-order valence-electron chi connectivity index (χ3n) is 4.25. The van der Waals surface area contributed by atoms with E-state index >= 15 is 0 Å². The molecule has 106 valence electrons. The van der Waals surface area contributed by atoms with E-state index in [0.717, 1.165) is 19.1 Å². The molecule has 2 aliphatic rings. The summed E-state index contributed by atoms with van der Waals surface area (Å²) in [4.78, 5) is 9.42. The Bertz CT molecular complexity index is 354. The van der Waals surface area contributed by atoms with Crippen molar-refractivity contribution in [2.24, 2.45) is 0 Å². The molecule has 0 saturated carbocycles. The van der Waals surface area contributed by atoms with Crippen LogP contribution < -0.4 is 10.2 Å². The van der Waals surface area contributed by atoms with Crippen molar-refractivity contribution in [2.75, 3.05) is 44.2 Å². The van der Waals surface area contributed by atoms with Crippen LogP contribution in [0.25, 0.3) is 0 Å². The lowest BCUT2D eigenvalue weighted by atomic mass is 10.1. The fourth-order valence-corrected chi connectivity index (χ4v) is 3.80. The number of hydrogen-bond acceptors (Lipinski definition) is 5. The van der Waals surface area contributed by atoms with Crippen LogP contribution in [0.1, 0.15) is 25.7 Å². The largest absolute Gasteiger partial charge is 0.346 e. The van der Waals surface area contributed by atoms with Gasteiger partial charge in [0.25, 0.3) is 0 Å². The lowest BCUT2D eigenvalue weighted by Gasteiger charge is -2.34. The minimum Gasteiger partial charge on any atom is -0.346 e. The summed E-state index contributed by atoms with van der Waals surface area (Å²) in [5, 5.41) is 6.84. The van der Waals surface area contributed by atoms with Crippen molar-refractivity contribution in [1.29, 1.82) is 0 Å². The molecule has 0 bridgehead atoms. The molecule has 0 spiro atoms. The fraction of sp³-hybridized carbons (Fsp3) is 0.786. The van der Waals surface area contributed by atoms with Gasteiger partial charge in [-0.25, -0.2) is 4.98 Å². The number of nitrogens with zero attached hydrogens (tertiary/aromatic N) is 3. The highest BCUT2D eigenvalue weighted by Gasteiger charge is 2.19. The Morgan fingerprint density at radius 3 is 2.89 bits per heavy atom. The zero-order valence-electron chi connectivity index (χ0n) is 11.6. The standard InChI is InChI=1S/C14H24N4S/c1-3-13(15-5-1)4-2-7-17-8-10-18(11-9-17)14-16-6-12-19-14/h6,12-13,15H,1-5,7-11H2. The van der Waals surface area contributed by atoms with Crippen molar-refractivity contribution in [1.82, 2.24) is 15.2 Å². The number of aromatic nitrogens is 1. The lowest BCUT2D eigenvalue weighted by Crippen LogP contribution is -2.46. The van der Waals surface area contributed by atoms with Crippen LogP contribution in [0.4, 0.5) is 5.13 Å². The highest BCUT2D eigenvalue weighted by molar-refractivity contribution is 7.13. The fourth-order valence-electron chi connectivity index (χ4n) is 3.10. The summed E-state index contributed by atoms with van der Waals surface area (Å²) in [6.45, 7) is 7.15. The smallest absolute Gasteiger partial charge is 0.185 e. The molecule has 19 heavy (non-hydrogen) atoms. The normalized spacial score (nSPS) is 25.1. The first kappa shape index (κ1) is 13.3. The van der Waals surface area contributed by atoms with E-state index in [-0.39, 0.29) is 0 Å². The van der Waals surface area contributed by atoms with E-state index < -0.39 is 0 Å². The molecule has 2 saturated heterocycles. The minimum atomic E-state index is 0.802. The first-order valence-electron chi connectivity index (χ1n) is 7.52. The average molecular weight is 280 g/mol. The second-order valence-corrected chi connectivity index (χ2v) is 6.45. The van der Waals surface area contributed by atoms with Crippen LogP contribution in [0.2, 0.25) is 0 Å². The Hall–Kier alpha value is -0.650. The van der Waals surface area contributed by atoms with Gasteiger partial charge < -0.3 is 10.2 Å². The zero-order chi connectivity index (χ0) is 12.9. The predicted molar refractivity (Wildman–Crippen MR) is 81.0 cm³/mol. The molecule has 1 atom stereocenters. The van der Waals surface area contributed by atoms with E-state index in [0.29, 0.717) is 0 Å². The number of hydrogen-bond donors (Lipinski definition) is 1. The van der Waals surface area contributed by atoms with Crippen LogP contribution in [0.15, 0.2) is 11.6 Å². The second kappa shape index (κ2) is 6.68. The summed E-state index contributed by atoms with van der Waals surface area (Å²) < 4.78 is 0. The Balaban J connectivity index is 1.34. The summed E-state index contributed by atoms with van der Waals surface area (Å²) in [5.74, 6) is 0. The van der Waals surface area contributed by atoms with Gasteiger partial charge in [0.05, 0.1) is 0 Å². The second-order valence-electron chi connectivity index (χ2n) is 5.58. The monoisotopic (exact) mass is 280 g/mol. The molecule has 4 nitrogen and oxygen atoms in total. The lowest BCUT2D eigenvalue weighted by molar-refractivity contribution is 0.249. The molecular formula is C14H24N4S. The molecule has 0 aliphatic carbocycles. The Morgan fingerprint density at radius 2 is 2.21 bits per heavy atom. The molecule has 1 unspecified atom stereocenters. The van der Waals surface area contributed by atoms with Crippen LogP contribution >= 0.6 is 11.3 Å². The van der Waals surface area contributed by atoms with Gasteiger partial charge in [-0.05, 0) is 38.8 Å². The van der Waals surface area contributed by atoms with Gasteiger partial charge in [-0.3, -0.25) is 4.90 Å². The van der Waals surface area contributed by atoms with Crippen molar-refractivity contribution in [3.8, 4) is 0 Å². The van der Waals surface area contributed by atoms with Gasteiger partial charge in [-0.15, -0.1) is 11.3 Å². The number of thiazole rings is 1. The van der Waals surface area contributed by atoms with Crippen LogP contribution in [0.3, 0.4) is 0 Å². The molecule has 1 aromatic rings. The minimum absolute atomic E-state index is 0.802. The molecule has 0 amide bonds. The summed E-state index contributed by atoms with van der Waals surface area (Å²) in [6, 6.07) is 0.802. The SMILES string of the molecule is c1csc(N2CCN(CCCC3CCCN3)CC2)n1. The van der Waals surface area contributed by atoms with Crippen LogP contribution in [0.5, 0.6) is 0 Å². The maximum Gasteiger partial charge on any atom is 0.185 e. The molecule has 5 heteroatoms. The highest BCUT2D eigenvalue weighted by Crippen LogP contribution is 2.19. The highest BCUT2D eigenvalue weighted by atomic mass is 32.1. The van der Waals surface area contributed by atoms with E-state index in [9.17, 15) is 0 Å². The average Bonchev–Trinajstić information content (AvgIpc) is 3.13. The maximum atomic E-state index is 4.40. The van der Waals surface area contributed by atoms with E-state index in [2.05, 4.69) is 25.5 Å². The molecule has 1 N–H and O–H groups in total. The first-order chi connectivity index (χ1) is 9.42. The van der Waals surface area contributed by atoms with Gasteiger partial charge in [-0.2, -0.15) is 0 Å². The third-order valence-corrected chi connectivity index (χ3v) is 5.08. The quantitative estimate of drug-likeness (QED) is 0.891. The van der Waals surface area contributed by atoms with Gasteiger partial charge in [0.1, 0.15) is 0 Å². The van der Waals surface area contributed by atoms with Gasteiger partial charge in [0.2, 0.25) is 0 Å². The van der Waals surface area contributed by atoms with Crippen molar-refractivity contribution in [2.45, 2.75) is 31.7 Å². The molecular weight excluding hydrogens is 256 g/mol. The molecule has 0 aromatic carbocycles. The molecule has 3 heterocycles. The van der Waals surface area contributed by atoms with Gasteiger partial charge in [-0.1, -0.05) is 0 Å². The number of nitrogens with one attached hydrogen (secondary N) is 1. The summed E-state index contributed by atoms with van der Waals surface area (Å²) >= 11 is 1.75. The van der Waals surface area contributed by atoms with E-state index in [1.165, 1.54) is 57.0 Å². The molecule has 2 fully saturated rings. The molecule has 2 aliphatic heterocycles. The van der Waals surface area contributed by atoms with Crippen molar-refractivity contribution in [3.05, 3.63) is 11.6 Å². The number of rotatable bonds is 5. The summed E-state index contributed by atoms with van der Waals surface area (Å²) in [5.41, 5.74) is 0. The Morgan fingerprint density at radius 1 is 1.32 bits per heavy atom. The Labute approximate surface area is 119 Å². The topological polar surface area (TPSA) is 31.4 Å². The summed E-state index contributed by atoms with van der Waals surface area (Å²) in [7, 11) is 0. The number of piperazine rings is 1. The van der Waals surface area contributed by atoms with Gasteiger partial charge in [0, 0.05) is 43.8 Å². The Kier molecular flexibility index (Phi) is 4.69. The van der Waals surface area contributed by atoms with Crippen molar-refractivity contribution < 1.29 is 0 Å². The molecule has 1 aromatic heterocycles. The van der Waals surface area contributed by atoms with E-state index in [4.69, 9.17) is 0 Å². The van der Waals surface area contributed by atoms with Crippen LogP contribution in [-0.4, -0.2) is 55.2 Å².